The highest BCUT2D eigenvalue weighted by Crippen LogP contribution is 2.34. The van der Waals surface area contributed by atoms with Gasteiger partial charge in [0.15, 0.2) is 0 Å². The van der Waals surface area contributed by atoms with E-state index in [4.69, 9.17) is 0 Å². The fourth-order valence-electron chi connectivity index (χ4n) is 1.29. The van der Waals surface area contributed by atoms with E-state index in [0.717, 1.165) is 11.8 Å². The minimum atomic E-state index is 0.787. The van der Waals surface area contributed by atoms with Crippen molar-refractivity contribution >= 4 is 0 Å². The van der Waals surface area contributed by atoms with E-state index in [0.29, 0.717) is 0 Å². The van der Waals surface area contributed by atoms with Gasteiger partial charge < -0.3 is 0 Å². The highest BCUT2D eigenvalue weighted by atomic mass is 14.3. The molecular weight excluding hydrogens is 96.1 g/mol. The summed E-state index contributed by atoms with van der Waals surface area (Å²) in [5.41, 5.74) is 1.46. The largest absolute Gasteiger partial charge is 0.0996 e. The van der Waals surface area contributed by atoms with Crippen molar-refractivity contribution in [1.29, 1.82) is 0 Å². The van der Waals surface area contributed by atoms with Gasteiger partial charge in [-0.15, -0.1) is 0 Å². The number of hydrogen-bond donors (Lipinski definition) is 0. The van der Waals surface area contributed by atoms with Gasteiger partial charge >= 0.3 is 0 Å². The maximum Gasteiger partial charge on any atom is -0.0209 e. The van der Waals surface area contributed by atoms with Crippen LogP contribution in [0.4, 0.5) is 0 Å². The molecule has 0 aromatic rings. The Labute approximate surface area is 51.6 Å². The molecule has 0 heterocycles. The molecule has 2 atom stereocenters. The molecule has 0 bridgehead atoms. The first-order valence-electron chi connectivity index (χ1n) is 3.39. The molecule has 0 spiro atoms. The summed E-state index contributed by atoms with van der Waals surface area (Å²) >= 11 is 0. The molecule has 0 N–H and O–H groups in total. The van der Waals surface area contributed by atoms with Crippen molar-refractivity contribution < 1.29 is 0 Å². The molecule has 1 rings (SSSR count). The first kappa shape index (κ1) is 5.87. The quantitative estimate of drug-likeness (QED) is 0.420. The van der Waals surface area contributed by atoms with Crippen LogP contribution in [0.25, 0.3) is 0 Å². The molecule has 0 radical (unpaired) electrons. The van der Waals surface area contributed by atoms with Gasteiger partial charge in [-0.25, -0.2) is 0 Å². The lowest BCUT2D eigenvalue weighted by molar-refractivity contribution is 0.494. The number of rotatable bonds is 0. The highest BCUT2D eigenvalue weighted by molar-refractivity contribution is 5.06. The van der Waals surface area contributed by atoms with E-state index >= 15 is 0 Å². The average Bonchev–Trinajstić information content (AvgIpc) is 1.98. The van der Waals surface area contributed by atoms with Crippen molar-refractivity contribution in [3.8, 4) is 0 Å². The minimum absolute atomic E-state index is 0.787. The topological polar surface area (TPSA) is 0 Å². The van der Waals surface area contributed by atoms with E-state index in [1.807, 2.05) is 0 Å². The van der Waals surface area contributed by atoms with E-state index in [2.05, 4.69) is 20.4 Å². The van der Waals surface area contributed by atoms with Gasteiger partial charge in [-0.1, -0.05) is 26.0 Å². The predicted molar refractivity (Wildman–Crippen MR) is 36.7 cm³/mol. The first-order chi connectivity index (χ1) is 3.72. The minimum Gasteiger partial charge on any atom is -0.0996 e. The van der Waals surface area contributed by atoms with Crippen LogP contribution < -0.4 is 0 Å². The van der Waals surface area contributed by atoms with Crippen LogP contribution in [0, 0.1) is 11.8 Å². The van der Waals surface area contributed by atoms with Crippen LogP contribution >= 0.6 is 0 Å². The summed E-state index contributed by atoms with van der Waals surface area (Å²) in [6, 6.07) is 0. The van der Waals surface area contributed by atoms with Crippen LogP contribution in [0.15, 0.2) is 12.2 Å². The Morgan fingerprint density at radius 3 is 2.25 bits per heavy atom. The fraction of sp³-hybridized carbons (Fsp3) is 0.750. The van der Waals surface area contributed by atoms with Gasteiger partial charge in [-0.3, -0.25) is 0 Å². The predicted octanol–water partition coefficient (Wildman–Crippen LogP) is 2.61. The third-order valence-corrected chi connectivity index (χ3v) is 2.42. The third-order valence-electron chi connectivity index (χ3n) is 2.42. The molecule has 1 fully saturated rings. The number of allylic oxidation sites excluding steroid dienone is 1. The first-order valence-corrected chi connectivity index (χ1v) is 3.39. The molecule has 8 heavy (non-hydrogen) atoms. The van der Waals surface area contributed by atoms with E-state index in [9.17, 15) is 0 Å². The zero-order valence-corrected chi connectivity index (χ0v) is 5.78. The van der Waals surface area contributed by atoms with Crippen molar-refractivity contribution in [1.82, 2.24) is 0 Å². The van der Waals surface area contributed by atoms with Crippen LogP contribution in [0.5, 0.6) is 0 Å². The fourth-order valence-corrected chi connectivity index (χ4v) is 1.29. The number of hydrogen-bond acceptors (Lipinski definition) is 0. The standard InChI is InChI=1S/C8H14/c1-6-4-5-7(2)8(6)3/h7-8H,1,4-5H2,2-3H3/t7-,8-/m1/s1. The van der Waals surface area contributed by atoms with Crippen LogP contribution in [0.1, 0.15) is 26.7 Å². The van der Waals surface area contributed by atoms with Crippen LogP contribution in [0.2, 0.25) is 0 Å². The summed E-state index contributed by atoms with van der Waals surface area (Å²) < 4.78 is 0. The Bertz CT molecular complexity index is 103. The van der Waals surface area contributed by atoms with Crippen molar-refractivity contribution in [3.05, 3.63) is 12.2 Å². The summed E-state index contributed by atoms with van der Waals surface area (Å²) in [5, 5.41) is 0. The third kappa shape index (κ3) is 0.795. The molecule has 1 aliphatic carbocycles. The molecule has 0 nitrogen and oxygen atoms in total. The molecule has 0 unspecified atom stereocenters. The van der Waals surface area contributed by atoms with Crippen LogP contribution in [-0.4, -0.2) is 0 Å². The molecule has 0 aromatic carbocycles. The maximum atomic E-state index is 3.99. The van der Waals surface area contributed by atoms with Gasteiger partial charge in [-0.05, 0) is 24.7 Å². The summed E-state index contributed by atoms with van der Waals surface area (Å²) in [6.45, 7) is 8.57. The second-order valence-electron chi connectivity index (χ2n) is 2.96. The second-order valence-corrected chi connectivity index (χ2v) is 2.96. The molecule has 1 saturated carbocycles. The van der Waals surface area contributed by atoms with Gasteiger partial charge in [0.1, 0.15) is 0 Å². The Balaban J connectivity index is 2.56. The molecular formula is C8H14. The van der Waals surface area contributed by atoms with Crippen LogP contribution in [-0.2, 0) is 0 Å². The van der Waals surface area contributed by atoms with E-state index in [1.54, 1.807) is 0 Å². The molecule has 46 valence electrons. The van der Waals surface area contributed by atoms with Crippen molar-refractivity contribution in [2.75, 3.05) is 0 Å². The molecule has 0 heteroatoms. The maximum absolute atomic E-state index is 3.99. The molecule has 0 aliphatic heterocycles. The Morgan fingerprint density at radius 2 is 2.12 bits per heavy atom. The lowest BCUT2D eigenvalue weighted by Crippen LogP contribution is -1.97. The summed E-state index contributed by atoms with van der Waals surface area (Å²) in [5.74, 6) is 1.68. The lowest BCUT2D eigenvalue weighted by Gasteiger charge is -2.07. The van der Waals surface area contributed by atoms with E-state index in [-0.39, 0.29) is 0 Å². The van der Waals surface area contributed by atoms with Crippen molar-refractivity contribution in [2.45, 2.75) is 26.7 Å². The molecule has 0 saturated heterocycles. The lowest BCUT2D eigenvalue weighted by atomic mass is 9.99. The van der Waals surface area contributed by atoms with Gasteiger partial charge in [0.25, 0.3) is 0 Å². The molecule has 0 amide bonds. The Hall–Kier alpha value is -0.260. The average molecular weight is 110 g/mol. The monoisotopic (exact) mass is 110 g/mol. The van der Waals surface area contributed by atoms with Crippen molar-refractivity contribution in [3.63, 3.8) is 0 Å². The van der Waals surface area contributed by atoms with Gasteiger partial charge in [0, 0.05) is 0 Å². The normalized spacial score (nSPS) is 38.5. The van der Waals surface area contributed by atoms with E-state index in [1.165, 1.54) is 18.4 Å². The molecule has 1 aliphatic rings. The Kier molecular flexibility index (Phi) is 1.41. The summed E-state index contributed by atoms with van der Waals surface area (Å²) in [6.07, 6.45) is 2.63. The molecule has 0 aromatic heterocycles. The van der Waals surface area contributed by atoms with Gasteiger partial charge in [0.05, 0.1) is 0 Å². The summed E-state index contributed by atoms with van der Waals surface area (Å²) in [4.78, 5) is 0. The van der Waals surface area contributed by atoms with Crippen LogP contribution in [0.3, 0.4) is 0 Å². The zero-order chi connectivity index (χ0) is 6.15. The summed E-state index contributed by atoms with van der Waals surface area (Å²) in [7, 11) is 0. The highest BCUT2D eigenvalue weighted by Gasteiger charge is 2.21. The SMILES string of the molecule is C=C1CC[C@@H](C)[C@@H]1C. The second kappa shape index (κ2) is 1.93. The van der Waals surface area contributed by atoms with Gasteiger partial charge in [-0.2, -0.15) is 0 Å². The smallest absolute Gasteiger partial charge is 0.0209 e. The Morgan fingerprint density at radius 1 is 1.50 bits per heavy atom. The van der Waals surface area contributed by atoms with E-state index < -0.39 is 0 Å². The van der Waals surface area contributed by atoms with Gasteiger partial charge in [0.2, 0.25) is 0 Å². The zero-order valence-electron chi connectivity index (χ0n) is 5.78. The van der Waals surface area contributed by atoms with Crippen molar-refractivity contribution in [2.24, 2.45) is 11.8 Å².